The molecule has 1 amide bonds. The van der Waals surface area contributed by atoms with Crippen LogP contribution in [0, 0.1) is 0 Å². The SMILES string of the molecule is C=C[C@H](NCc1ccccc1)[C@H](NC(=O)OC(C)(C)C)[C@@H](C)O[Si](c1ccccc1)(c1ccccc1)C(C)(C)C. The maximum absolute atomic E-state index is 13.1. The van der Waals surface area contributed by atoms with Crippen molar-refractivity contribution in [2.24, 2.45) is 0 Å². The lowest BCUT2D eigenvalue weighted by atomic mass is 10.0. The van der Waals surface area contributed by atoms with Crippen LogP contribution in [0.25, 0.3) is 0 Å². The lowest BCUT2D eigenvalue weighted by molar-refractivity contribution is 0.0431. The maximum Gasteiger partial charge on any atom is 0.408 e. The van der Waals surface area contributed by atoms with Crippen molar-refractivity contribution in [3.63, 3.8) is 0 Å². The van der Waals surface area contributed by atoms with Crippen molar-refractivity contribution in [2.75, 3.05) is 0 Å². The molecule has 0 heterocycles. The van der Waals surface area contributed by atoms with Crippen molar-refractivity contribution in [1.29, 1.82) is 0 Å². The molecule has 0 saturated carbocycles. The minimum absolute atomic E-state index is 0.207. The summed E-state index contributed by atoms with van der Waals surface area (Å²) in [6.45, 7) is 19.1. The first-order valence-corrected chi connectivity index (χ1v) is 16.0. The fourth-order valence-electron chi connectivity index (χ4n) is 5.17. The first-order chi connectivity index (χ1) is 18.9. The summed E-state index contributed by atoms with van der Waals surface area (Å²) in [6, 6.07) is 30.5. The summed E-state index contributed by atoms with van der Waals surface area (Å²) in [5, 5.41) is 8.89. The van der Waals surface area contributed by atoms with Gasteiger partial charge in [-0.25, -0.2) is 4.79 Å². The van der Waals surface area contributed by atoms with Crippen molar-refractivity contribution < 1.29 is 14.0 Å². The second-order valence-electron chi connectivity index (χ2n) is 12.3. The number of alkyl carbamates (subject to hydrolysis) is 1. The highest BCUT2D eigenvalue weighted by molar-refractivity contribution is 6.99. The molecule has 0 unspecified atom stereocenters. The van der Waals surface area contributed by atoms with Gasteiger partial charge in [0.1, 0.15) is 5.60 Å². The van der Waals surface area contributed by atoms with E-state index in [9.17, 15) is 4.79 Å². The molecular formula is C34H46N2O3Si. The van der Waals surface area contributed by atoms with E-state index in [1.165, 1.54) is 10.4 Å². The number of benzene rings is 3. The second kappa shape index (κ2) is 13.4. The minimum Gasteiger partial charge on any atom is -0.444 e. The van der Waals surface area contributed by atoms with Gasteiger partial charge in [0.05, 0.1) is 12.1 Å². The topological polar surface area (TPSA) is 59.6 Å². The van der Waals surface area contributed by atoms with Crippen LogP contribution in [0.2, 0.25) is 5.04 Å². The zero-order valence-corrected chi connectivity index (χ0v) is 26.1. The highest BCUT2D eigenvalue weighted by Crippen LogP contribution is 2.38. The van der Waals surface area contributed by atoms with Crippen molar-refractivity contribution in [3.05, 3.63) is 109 Å². The van der Waals surface area contributed by atoms with E-state index < -0.39 is 26.1 Å². The number of ether oxygens (including phenoxy) is 1. The Bertz CT molecular complexity index is 1170. The van der Waals surface area contributed by atoms with Gasteiger partial charge < -0.3 is 19.8 Å². The molecule has 3 atom stereocenters. The zero-order valence-electron chi connectivity index (χ0n) is 25.1. The molecule has 2 N–H and O–H groups in total. The van der Waals surface area contributed by atoms with Crippen LogP contribution in [0.15, 0.2) is 104 Å². The Morgan fingerprint density at radius 1 is 0.850 bits per heavy atom. The Hall–Kier alpha value is -3.19. The molecule has 3 aromatic carbocycles. The first kappa shape index (κ1) is 31.3. The average molecular weight is 559 g/mol. The monoisotopic (exact) mass is 558 g/mol. The number of carbonyl (C=O) groups is 1. The largest absolute Gasteiger partial charge is 0.444 e. The van der Waals surface area contributed by atoms with Crippen LogP contribution in [0.3, 0.4) is 0 Å². The summed E-state index contributed by atoms with van der Waals surface area (Å²) in [5.74, 6) is 0. The fraction of sp³-hybridized carbons (Fsp3) is 0.382. The molecule has 3 rings (SSSR count). The van der Waals surface area contributed by atoms with Crippen molar-refractivity contribution in [1.82, 2.24) is 10.6 Å². The van der Waals surface area contributed by atoms with Crippen LogP contribution in [0.5, 0.6) is 0 Å². The van der Waals surface area contributed by atoms with Gasteiger partial charge in [0.2, 0.25) is 0 Å². The van der Waals surface area contributed by atoms with E-state index in [0.29, 0.717) is 6.54 Å². The smallest absolute Gasteiger partial charge is 0.408 e. The van der Waals surface area contributed by atoms with Gasteiger partial charge in [0.15, 0.2) is 0 Å². The molecule has 40 heavy (non-hydrogen) atoms. The Kier molecular flexibility index (Phi) is 10.5. The lowest BCUT2D eigenvalue weighted by Crippen LogP contribution is -2.69. The van der Waals surface area contributed by atoms with Crippen molar-refractivity contribution in [3.8, 4) is 0 Å². The van der Waals surface area contributed by atoms with Gasteiger partial charge >= 0.3 is 6.09 Å². The molecule has 0 aliphatic rings. The zero-order chi connectivity index (χ0) is 29.4. The molecule has 214 valence electrons. The standard InChI is InChI=1S/C34H46N2O3Si/c1-9-30(35-25-27-19-13-10-14-20-27)31(36-32(37)38-33(3,4)5)26(2)39-40(34(6,7)8,28-21-15-11-16-22-28)29-23-17-12-18-24-29/h9-24,26,30-31,35H,1,25H2,2-8H3,(H,36,37)/t26-,30+,31-/m1/s1. The van der Waals surface area contributed by atoms with Gasteiger partial charge in [0, 0.05) is 12.6 Å². The Morgan fingerprint density at radius 2 is 1.32 bits per heavy atom. The normalized spacial score (nSPS) is 14.6. The molecule has 5 nitrogen and oxygen atoms in total. The van der Waals surface area contributed by atoms with Gasteiger partial charge in [-0.1, -0.05) is 118 Å². The van der Waals surface area contributed by atoms with E-state index in [1.54, 1.807) is 0 Å². The molecule has 0 aliphatic heterocycles. The third-order valence-electron chi connectivity index (χ3n) is 6.99. The highest BCUT2D eigenvalue weighted by Gasteiger charge is 2.52. The van der Waals surface area contributed by atoms with Crippen LogP contribution < -0.4 is 21.0 Å². The lowest BCUT2D eigenvalue weighted by Gasteiger charge is -2.46. The molecule has 0 aliphatic carbocycles. The van der Waals surface area contributed by atoms with Gasteiger partial charge in [-0.15, -0.1) is 6.58 Å². The second-order valence-corrected chi connectivity index (χ2v) is 16.5. The summed E-state index contributed by atoms with van der Waals surface area (Å²) in [6.07, 6.45) is 0.977. The summed E-state index contributed by atoms with van der Waals surface area (Å²) >= 11 is 0. The van der Waals surface area contributed by atoms with E-state index >= 15 is 0 Å². The predicted octanol–water partition coefficient (Wildman–Crippen LogP) is 6.19. The number of amides is 1. The summed E-state index contributed by atoms with van der Waals surface area (Å²) in [7, 11) is -2.87. The van der Waals surface area contributed by atoms with E-state index in [1.807, 2.05) is 64.1 Å². The average Bonchev–Trinajstić information content (AvgIpc) is 2.91. The molecular weight excluding hydrogens is 512 g/mol. The van der Waals surface area contributed by atoms with Gasteiger partial charge in [0.25, 0.3) is 8.32 Å². The van der Waals surface area contributed by atoms with Crippen LogP contribution in [0.4, 0.5) is 4.79 Å². The number of carbonyl (C=O) groups excluding carboxylic acids is 1. The molecule has 0 fully saturated rings. The van der Waals surface area contributed by atoms with Crippen LogP contribution >= 0.6 is 0 Å². The summed E-state index contributed by atoms with van der Waals surface area (Å²) in [5.41, 5.74) is 0.517. The molecule has 6 heteroatoms. The van der Waals surface area contributed by atoms with Crippen LogP contribution in [-0.4, -0.2) is 38.2 Å². The number of hydrogen-bond acceptors (Lipinski definition) is 4. The van der Waals surface area contributed by atoms with Gasteiger partial charge in [-0.3, -0.25) is 0 Å². The van der Waals surface area contributed by atoms with Crippen molar-refractivity contribution >= 4 is 24.8 Å². The molecule has 0 aromatic heterocycles. The van der Waals surface area contributed by atoms with Crippen LogP contribution in [-0.2, 0) is 15.7 Å². The Labute approximate surface area is 242 Å². The minimum atomic E-state index is -2.87. The summed E-state index contributed by atoms with van der Waals surface area (Å²) < 4.78 is 13.1. The number of rotatable bonds is 11. The number of hydrogen-bond donors (Lipinski definition) is 2. The first-order valence-electron chi connectivity index (χ1n) is 14.1. The molecule has 0 saturated heterocycles. The maximum atomic E-state index is 13.1. The molecule has 0 spiro atoms. The van der Waals surface area contributed by atoms with Crippen LogP contribution in [0.1, 0.15) is 54.0 Å². The van der Waals surface area contributed by atoms with E-state index in [-0.39, 0.29) is 17.2 Å². The van der Waals surface area contributed by atoms with E-state index in [0.717, 1.165) is 5.56 Å². The third kappa shape index (κ3) is 7.93. The van der Waals surface area contributed by atoms with E-state index in [4.69, 9.17) is 9.16 Å². The highest BCUT2D eigenvalue weighted by atomic mass is 28.4. The quantitative estimate of drug-likeness (QED) is 0.218. The molecule has 0 radical (unpaired) electrons. The van der Waals surface area contributed by atoms with E-state index in [2.05, 4.69) is 98.6 Å². The Balaban J connectivity index is 2.05. The predicted molar refractivity (Wildman–Crippen MR) is 169 cm³/mol. The fourth-order valence-corrected chi connectivity index (χ4v) is 9.89. The molecule has 0 bridgehead atoms. The third-order valence-corrected chi connectivity index (χ3v) is 12.1. The van der Waals surface area contributed by atoms with Crippen molar-refractivity contribution in [2.45, 2.75) is 83.8 Å². The van der Waals surface area contributed by atoms with Gasteiger partial charge in [-0.2, -0.15) is 0 Å². The Morgan fingerprint density at radius 3 is 1.75 bits per heavy atom. The van der Waals surface area contributed by atoms with Gasteiger partial charge in [-0.05, 0) is 48.7 Å². The number of nitrogens with one attached hydrogen (secondary N) is 2. The summed E-state index contributed by atoms with van der Waals surface area (Å²) in [4.78, 5) is 13.1. The molecule has 3 aromatic rings.